The maximum Gasteiger partial charge on any atom is 0.345 e. The highest BCUT2D eigenvalue weighted by molar-refractivity contribution is 7.12. The Bertz CT molecular complexity index is 562. The van der Waals surface area contributed by atoms with Crippen molar-refractivity contribution < 1.29 is 9.90 Å². The third-order valence-corrected chi connectivity index (χ3v) is 3.64. The van der Waals surface area contributed by atoms with Gasteiger partial charge in [-0.15, -0.1) is 11.3 Å². The summed E-state index contributed by atoms with van der Waals surface area (Å²) >= 11 is 1.26. The summed E-state index contributed by atoms with van der Waals surface area (Å²) in [6.07, 6.45) is 0. The molecular weight excluding hydrogens is 246 g/mol. The fourth-order valence-corrected chi connectivity index (χ4v) is 2.62. The lowest BCUT2D eigenvalue weighted by Gasteiger charge is -2.22. The molecule has 1 aromatic carbocycles. The summed E-state index contributed by atoms with van der Waals surface area (Å²) in [5.74, 6) is -0.869. The van der Waals surface area contributed by atoms with Crippen molar-refractivity contribution in [2.75, 3.05) is 11.4 Å². The third-order valence-electron chi connectivity index (χ3n) is 2.74. The number of aromatic carboxylic acids is 1. The van der Waals surface area contributed by atoms with Crippen molar-refractivity contribution in [1.29, 1.82) is 0 Å². The summed E-state index contributed by atoms with van der Waals surface area (Å²) < 4.78 is 0. The van der Waals surface area contributed by atoms with E-state index >= 15 is 0 Å². The van der Waals surface area contributed by atoms with Gasteiger partial charge in [0, 0.05) is 17.6 Å². The van der Waals surface area contributed by atoms with Gasteiger partial charge in [0.25, 0.3) is 0 Å². The Balaban J connectivity index is 2.35. The first-order valence-electron chi connectivity index (χ1n) is 5.78. The van der Waals surface area contributed by atoms with Gasteiger partial charge in [-0.2, -0.15) is 0 Å². The number of carboxylic acids is 1. The number of benzene rings is 1. The van der Waals surface area contributed by atoms with Gasteiger partial charge in [-0.25, -0.2) is 4.79 Å². The van der Waals surface area contributed by atoms with E-state index in [4.69, 9.17) is 5.11 Å². The summed E-state index contributed by atoms with van der Waals surface area (Å²) in [7, 11) is 0. The van der Waals surface area contributed by atoms with Crippen LogP contribution in [0.15, 0.2) is 35.7 Å². The van der Waals surface area contributed by atoms with E-state index < -0.39 is 5.97 Å². The van der Waals surface area contributed by atoms with Crippen LogP contribution in [0.5, 0.6) is 0 Å². The minimum Gasteiger partial charge on any atom is -0.477 e. The molecule has 4 heteroatoms. The number of aryl methyl sites for hydroxylation is 1. The Morgan fingerprint density at radius 1 is 1.33 bits per heavy atom. The highest BCUT2D eigenvalue weighted by Crippen LogP contribution is 2.30. The van der Waals surface area contributed by atoms with Crippen molar-refractivity contribution in [3.63, 3.8) is 0 Å². The van der Waals surface area contributed by atoms with Gasteiger partial charge in [0.05, 0.1) is 5.69 Å². The monoisotopic (exact) mass is 261 g/mol. The highest BCUT2D eigenvalue weighted by atomic mass is 32.1. The van der Waals surface area contributed by atoms with Gasteiger partial charge < -0.3 is 10.0 Å². The minimum absolute atomic E-state index is 0.371. The van der Waals surface area contributed by atoms with Crippen LogP contribution in [0.4, 0.5) is 11.4 Å². The second-order valence-electron chi connectivity index (χ2n) is 4.06. The minimum atomic E-state index is -0.869. The fourth-order valence-electron chi connectivity index (χ4n) is 1.89. The molecule has 1 heterocycles. The quantitative estimate of drug-likeness (QED) is 0.907. The Hall–Kier alpha value is -1.81. The van der Waals surface area contributed by atoms with Crippen LogP contribution in [0.2, 0.25) is 0 Å². The lowest BCUT2D eigenvalue weighted by Crippen LogP contribution is -2.15. The first-order chi connectivity index (χ1) is 8.61. The zero-order chi connectivity index (χ0) is 13.1. The molecule has 0 amide bonds. The zero-order valence-corrected chi connectivity index (χ0v) is 11.2. The van der Waals surface area contributed by atoms with Crippen molar-refractivity contribution >= 4 is 28.7 Å². The van der Waals surface area contributed by atoms with Gasteiger partial charge >= 0.3 is 5.97 Å². The molecule has 0 fully saturated rings. The molecule has 0 aliphatic carbocycles. The van der Waals surface area contributed by atoms with Crippen LogP contribution in [-0.2, 0) is 0 Å². The molecule has 0 spiro atoms. The summed E-state index contributed by atoms with van der Waals surface area (Å²) in [5.41, 5.74) is 3.22. The van der Waals surface area contributed by atoms with Crippen molar-refractivity contribution in [2.45, 2.75) is 13.8 Å². The summed E-state index contributed by atoms with van der Waals surface area (Å²) in [6.45, 7) is 4.91. The Morgan fingerprint density at radius 3 is 2.67 bits per heavy atom. The van der Waals surface area contributed by atoms with Crippen LogP contribution >= 0.6 is 11.3 Å². The van der Waals surface area contributed by atoms with E-state index in [1.807, 2.05) is 30.5 Å². The van der Waals surface area contributed by atoms with E-state index in [2.05, 4.69) is 17.9 Å². The molecule has 3 nitrogen and oxygen atoms in total. The second kappa shape index (κ2) is 5.23. The van der Waals surface area contributed by atoms with Crippen molar-refractivity contribution in [3.05, 3.63) is 46.2 Å². The van der Waals surface area contributed by atoms with Crippen LogP contribution in [-0.4, -0.2) is 17.6 Å². The Morgan fingerprint density at radius 2 is 2.11 bits per heavy atom. The molecule has 18 heavy (non-hydrogen) atoms. The maximum atomic E-state index is 10.9. The van der Waals surface area contributed by atoms with Gasteiger partial charge in [0.15, 0.2) is 0 Å². The first kappa shape index (κ1) is 12.6. The normalized spacial score (nSPS) is 10.3. The van der Waals surface area contributed by atoms with Crippen LogP contribution in [0.1, 0.15) is 22.2 Å². The number of carbonyl (C=O) groups is 1. The van der Waals surface area contributed by atoms with Crippen LogP contribution in [0, 0.1) is 6.92 Å². The number of rotatable bonds is 4. The first-order valence-corrected chi connectivity index (χ1v) is 6.66. The molecule has 1 aromatic heterocycles. The molecule has 94 valence electrons. The van der Waals surface area contributed by atoms with E-state index in [0.29, 0.717) is 4.88 Å². The number of thiophene rings is 1. The standard InChI is InChI=1S/C14H15NO2S/c1-3-15(11-6-4-5-10(2)7-11)12-8-13(14(16)17)18-9-12/h4-9H,3H2,1-2H3,(H,16,17). The Labute approximate surface area is 110 Å². The summed E-state index contributed by atoms with van der Waals surface area (Å²) in [4.78, 5) is 13.4. The second-order valence-corrected chi connectivity index (χ2v) is 4.97. The highest BCUT2D eigenvalue weighted by Gasteiger charge is 2.12. The fraction of sp³-hybridized carbons (Fsp3) is 0.214. The number of carboxylic acid groups (broad SMARTS) is 1. The molecule has 2 rings (SSSR count). The van der Waals surface area contributed by atoms with E-state index in [1.165, 1.54) is 16.9 Å². The molecule has 0 unspecified atom stereocenters. The third kappa shape index (κ3) is 2.54. The predicted molar refractivity (Wildman–Crippen MR) is 75.1 cm³/mol. The number of hydrogen-bond acceptors (Lipinski definition) is 3. The van der Waals surface area contributed by atoms with Crippen LogP contribution < -0.4 is 4.90 Å². The smallest absolute Gasteiger partial charge is 0.345 e. The van der Waals surface area contributed by atoms with E-state index in [9.17, 15) is 4.79 Å². The zero-order valence-electron chi connectivity index (χ0n) is 10.4. The van der Waals surface area contributed by atoms with Gasteiger partial charge in [0.1, 0.15) is 4.88 Å². The molecule has 0 saturated carbocycles. The topological polar surface area (TPSA) is 40.5 Å². The molecule has 2 aromatic rings. The lowest BCUT2D eigenvalue weighted by molar-refractivity contribution is 0.0702. The van der Waals surface area contributed by atoms with Crippen LogP contribution in [0.25, 0.3) is 0 Å². The van der Waals surface area contributed by atoms with Crippen molar-refractivity contribution in [3.8, 4) is 0 Å². The van der Waals surface area contributed by atoms with E-state index in [-0.39, 0.29) is 0 Å². The van der Waals surface area contributed by atoms with Crippen LogP contribution in [0.3, 0.4) is 0 Å². The van der Waals surface area contributed by atoms with Gasteiger partial charge in [0.2, 0.25) is 0 Å². The van der Waals surface area contributed by atoms with E-state index in [1.54, 1.807) is 6.07 Å². The number of hydrogen-bond donors (Lipinski definition) is 1. The van der Waals surface area contributed by atoms with Crippen molar-refractivity contribution in [1.82, 2.24) is 0 Å². The average molecular weight is 261 g/mol. The molecule has 0 saturated heterocycles. The summed E-state index contributed by atoms with van der Waals surface area (Å²) in [6, 6.07) is 9.92. The molecule has 1 N–H and O–H groups in total. The van der Waals surface area contributed by atoms with Crippen molar-refractivity contribution in [2.24, 2.45) is 0 Å². The average Bonchev–Trinajstić information content (AvgIpc) is 2.80. The maximum absolute atomic E-state index is 10.9. The molecule has 0 radical (unpaired) electrons. The molecule has 0 atom stereocenters. The Kier molecular flexibility index (Phi) is 3.67. The number of nitrogens with zero attached hydrogens (tertiary/aromatic N) is 1. The lowest BCUT2D eigenvalue weighted by atomic mass is 10.2. The largest absolute Gasteiger partial charge is 0.477 e. The van der Waals surface area contributed by atoms with Gasteiger partial charge in [-0.1, -0.05) is 12.1 Å². The SMILES string of the molecule is CCN(c1cccc(C)c1)c1csc(C(=O)O)c1. The predicted octanol–water partition coefficient (Wildman–Crippen LogP) is 3.91. The summed E-state index contributed by atoms with van der Waals surface area (Å²) in [5, 5.41) is 10.8. The van der Waals surface area contributed by atoms with E-state index in [0.717, 1.165) is 17.9 Å². The number of anilines is 2. The molecule has 0 bridgehead atoms. The van der Waals surface area contributed by atoms with Gasteiger partial charge in [-0.3, -0.25) is 0 Å². The molecule has 0 aliphatic rings. The molecular formula is C14H15NO2S. The molecule has 0 aliphatic heterocycles. The van der Waals surface area contributed by atoms with Gasteiger partial charge in [-0.05, 0) is 37.6 Å².